The van der Waals surface area contributed by atoms with Crippen LogP contribution in [-0.4, -0.2) is 20.2 Å². The first kappa shape index (κ1) is 13.9. The van der Waals surface area contributed by atoms with Crippen LogP contribution in [0, 0.1) is 5.92 Å². The molecule has 2 nitrogen and oxygen atoms in total. The molecule has 0 aliphatic heterocycles. The van der Waals surface area contributed by atoms with Crippen LogP contribution in [-0.2, 0) is 9.22 Å². The van der Waals surface area contributed by atoms with Crippen LogP contribution in [0.4, 0.5) is 0 Å². The molecule has 0 saturated heterocycles. The van der Waals surface area contributed by atoms with Gasteiger partial charge in [-0.3, -0.25) is 4.79 Å². The largest absolute Gasteiger partial charge is 0.413 e. The van der Waals surface area contributed by atoms with E-state index in [2.05, 4.69) is 40.8 Å². The van der Waals surface area contributed by atoms with Gasteiger partial charge in [-0.1, -0.05) is 27.7 Å². The summed E-state index contributed by atoms with van der Waals surface area (Å²) in [6, 6.07) is 0. The summed E-state index contributed by atoms with van der Waals surface area (Å²) >= 11 is 0. The van der Waals surface area contributed by atoms with E-state index in [4.69, 9.17) is 4.43 Å². The lowest BCUT2D eigenvalue weighted by atomic mass is 9.88. The minimum absolute atomic E-state index is 0.178. The first-order valence-corrected chi connectivity index (χ1v) is 9.22. The molecule has 0 radical (unpaired) electrons. The van der Waals surface area contributed by atoms with E-state index in [-0.39, 0.29) is 11.1 Å². The molecule has 3 heteroatoms. The molecule has 2 atom stereocenters. The minimum atomic E-state index is -1.70. The van der Waals surface area contributed by atoms with Crippen molar-refractivity contribution >= 4 is 14.1 Å². The molecule has 0 bridgehead atoms. The first-order valence-electron chi connectivity index (χ1n) is 6.31. The third-order valence-electron chi connectivity index (χ3n) is 3.96. The minimum Gasteiger partial charge on any atom is -0.413 e. The SMILES string of the molecule is C[C@H]1CC(=O)C[C@@H](O[Si](C)(C)C(C)(C)C)C1. The zero-order valence-electron chi connectivity index (χ0n) is 11.6. The smallest absolute Gasteiger partial charge is 0.192 e. The highest BCUT2D eigenvalue weighted by Gasteiger charge is 2.40. The van der Waals surface area contributed by atoms with Gasteiger partial charge in [0.1, 0.15) is 5.78 Å². The van der Waals surface area contributed by atoms with E-state index in [9.17, 15) is 4.79 Å². The molecule has 0 heterocycles. The second-order valence-electron chi connectivity index (χ2n) is 6.79. The monoisotopic (exact) mass is 242 g/mol. The lowest BCUT2D eigenvalue weighted by Crippen LogP contribution is -2.45. The summed E-state index contributed by atoms with van der Waals surface area (Å²) < 4.78 is 6.30. The maximum absolute atomic E-state index is 11.6. The number of Topliss-reactive ketones (excluding diaryl/α,β-unsaturated/α-hetero) is 1. The predicted octanol–water partition coefficient (Wildman–Crippen LogP) is 3.77. The molecule has 0 amide bonds. The molecule has 0 N–H and O–H groups in total. The van der Waals surface area contributed by atoms with Crippen LogP contribution in [0.25, 0.3) is 0 Å². The topological polar surface area (TPSA) is 26.3 Å². The quantitative estimate of drug-likeness (QED) is 0.689. The van der Waals surface area contributed by atoms with E-state index in [0.29, 0.717) is 18.1 Å². The Labute approximate surface area is 101 Å². The van der Waals surface area contributed by atoms with Crippen molar-refractivity contribution in [3.05, 3.63) is 0 Å². The van der Waals surface area contributed by atoms with Crippen LogP contribution in [0.3, 0.4) is 0 Å². The molecule has 1 aliphatic rings. The molecule has 0 aromatic heterocycles. The Bertz CT molecular complexity index is 266. The van der Waals surface area contributed by atoms with Gasteiger partial charge in [0.15, 0.2) is 8.32 Å². The molecule has 1 saturated carbocycles. The van der Waals surface area contributed by atoms with E-state index in [1.807, 2.05) is 0 Å². The average molecular weight is 242 g/mol. The van der Waals surface area contributed by atoms with Crippen molar-refractivity contribution in [3.63, 3.8) is 0 Å². The standard InChI is InChI=1S/C13H26O2Si/c1-10-7-11(14)9-12(8-10)15-16(5,6)13(2,3)4/h10,12H,7-9H2,1-6H3/t10-,12-/m0/s1. The third-order valence-corrected chi connectivity index (χ3v) is 8.50. The summed E-state index contributed by atoms with van der Waals surface area (Å²) in [5.74, 6) is 0.874. The van der Waals surface area contributed by atoms with Crippen LogP contribution >= 0.6 is 0 Å². The number of hydrogen-bond acceptors (Lipinski definition) is 2. The van der Waals surface area contributed by atoms with Crippen molar-refractivity contribution in [2.45, 2.75) is 71.2 Å². The maximum atomic E-state index is 11.6. The summed E-state index contributed by atoms with van der Waals surface area (Å²) in [5, 5.41) is 0.233. The Balaban J connectivity index is 2.63. The van der Waals surface area contributed by atoms with Gasteiger partial charge in [-0.25, -0.2) is 0 Å². The van der Waals surface area contributed by atoms with E-state index >= 15 is 0 Å². The number of carbonyl (C=O) groups is 1. The molecule has 1 rings (SSSR count). The van der Waals surface area contributed by atoms with Crippen molar-refractivity contribution in [1.82, 2.24) is 0 Å². The van der Waals surface area contributed by atoms with Gasteiger partial charge in [0.25, 0.3) is 0 Å². The van der Waals surface area contributed by atoms with Crippen LogP contribution < -0.4 is 0 Å². The Morgan fingerprint density at radius 2 is 1.81 bits per heavy atom. The maximum Gasteiger partial charge on any atom is 0.192 e. The normalized spacial score (nSPS) is 28.2. The number of hydrogen-bond donors (Lipinski definition) is 0. The summed E-state index contributed by atoms with van der Waals surface area (Å²) in [7, 11) is -1.70. The highest BCUT2D eigenvalue weighted by molar-refractivity contribution is 6.74. The van der Waals surface area contributed by atoms with Gasteiger partial charge in [0.05, 0.1) is 6.10 Å². The van der Waals surface area contributed by atoms with Gasteiger partial charge in [-0.05, 0) is 30.5 Å². The summed E-state index contributed by atoms with van der Waals surface area (Å²) in [4.78, 5) is 11.6. The van der Waals surface area contributed by atoms with Crippen molar-refractivity contribution in [2.24, 2.45) is 5.92 Å². The fourth-order valence-electron chi connectivity index (χ4n) is 2.02. The van der Waals surface area contributed by atoms with E-state index in [0.717, 1.165) is 12.8 Å². The zero-order valence-corrected chi connectivity index (χ0v) is 12.6. The van der Waals surface area contributed by atoms with Gasteiger partial charge >= 0.3 is 0 Å². The summed E-state index contributed by atoms with van der Waals surface area (Å²) in [5.41, 5.74) is 0. The van der Waals surface area contributed by atoms with Gasteiger partial charge in [-0.2, -0.15) is 0 Å². The number of carbonyl (C=O) groups excluding carboxylic acids is 1. The Kier molecular flexibility index (Phi) is 4.01. The number of ketones is 1. The van der Waals surface area contributed by atoms with Crippen molar-refractivity contribution in [2.75, 3.05) is 0 Å². The van der Waals surface area contributed by atoms with Gasteiger partial charge in [-0.15, -0.1) is 0 Å². The molecule has 16 heavy (non-hydrogen) atoms. The summed E-state index contributed by atoms with van der Waals surface area (Å²) in [6.07, 6.45) is 2.61. The van der Waals surface area contributed by atoms with Gasteiger partial charge in [0, 0.05) is 12.8 Å². The Morgan fingerprint density at radius 1 is 1.25 bits per heavy atom. The third kappa shape index (κ3) is 3.42. The molecule has 0 aromatic rings. The van der Waals surface area contributed by atoms with Gasteiger partial charge in [0.2, 0.25) is 0 Å². The average Bonchev–Trinajstić information content (AvgIpc) is 1.97. The lowest BCUT2D eigenvalue weighted by molar-refractivity contribution is -0.124. The van der Waals surface area contributed by atoms with Crippen molar-refractivity contribution in [1.29, 1.82) is 0 Å². The van der Waals surface area contributed by atoms with Crippen molar-refractivity contribution in [3.8, 4) is 0 Å². The second-order valence-corrected chi connectivity index (χ2v) is 11.5. The highest BCUT2D eigenvalue weighted by atomic mass is 28.4. The molecule has 0 unspecified atom stereocenters. The van der Waals surface area contributed by atoms with Crippen LogP contribution in [0.15, 0.2) is 0 Å². The fourth-order valence-corrected chi connectivity index (χ4v) is 3.39. The predicted molar refractivity (Wildman–Crippen MR) is 70.1 cm³/mol. The first-order chi connectivity index (χ1) is 7.12. The summed E-state index contributed by atoms with van der Waals surface area (Å²) in [6.45, 7) is 13.4. The Hall–Kier alpha value is -0.153. The molecule has 0 aromatic carbocycles. The molecule has 0 spiro atoms. The molecule has 94 valence electrons. The second kappa shape index (κ2) is 4.61. The molecule has 1 fully saturated rings. The zero-order chi connectivity index (χ0) is 12.6. The van der Waals surface area contributed by atoms with Crippen molar-refractivity contribution < 1.29 is 9.22 Å². The molecule has 1 aliphatic carbocycles. The van der Waals surface area contributed by atoms with E-state index in [1.54, 1.807) is 0 Å². The highest BCUT2D eigenvalue weighted by Crippen LogP contribution is 2.39. The van der Waals surface area contributed by atoms with Gasteiger partial charge < -0.3 is 4.43 Å². The molecular formula is C13H26O2Si. The Morgan fingerprint density at radius 3 is 2.25 bits per heavy atom. The van der Waals surface area contributed by atoms with Crippen LogP contribution in [0.5, 0.6) is 0 Å². The molecular weight excluding hydrogens is 216 g/mol. The fraction of sp³-hybridized carbons (Fsp3) is 0.923. The van der Waals surface area contributed by atoms with Crippen LogP contribution in [0.1, 0.15) is 47.0 Å². The lowest BCUT2D eigenvalue weighted by Gasteiger charge is -2.40. The number of rotatable bonds is 2. The van der Waals surface area contributed by atoms with E-state index in [1.165, 1.54) is 0 Å². The van der Waals surface area contributed by atoms with E-state index < -0.39 is 8.32 Å². The van der Waals surface area contributed by atoms with Crippen LogP contribution in [0.2, 0.25) is 18.1 Å².